The molecule has 1 aliphatic heterocycles. The molecule has 0 spiro atoms. The number of fused-ring (bicyclic) bond motifs is 1. The molecule has 5 nitrogen and oxygen atoms in total. The zero-order chi connectivity index (χ0) is 18.3. The Hall–Kier alpha value is -2.90. The molecule has 0 aliphatic carbocycles. The van der Waals surface area contributed by atoms with Gasteiger partial charge in [-0.1, -0.05) is 0 Å². The third-order valence-electron chi connectivity index (χ3n) is 4.06. The summed E-state index contributed by atoms with van der Waals surface area (Å²) in [4.78, 5) is 5.03. The van der Waals surface area contributed by atoms with Crippen molar-refractivity contribution in [1.29, 1.82) is 0 Å². The van der Waals surface area contributed by atoms with Crippen molar-refractivity contribution in [3.8, 4) is 23.1 Å². The van der Waals surface area contributed by atoms with Gasteiger partial charge in [0.1, 0.15) is 11.5 Å². The van der Waals surface area contributed by atoms with Gasteiger partial charge in [-0.25, -0.2) is 0 Å². The number of aromatic nitrogens is 1. The minimum absolute atomic E-state index is 0.0583. The smallest absolute Gasteiger partial charge is 0.215 e. The summed E-state index contributed by atoms with van der Waals surface area (Å²) < 4.78 is 7.37. The SMILES string of the molecule is COc1ccc2c(c1)C(=Cc1sc(=S)n(-c3ccc(O)cc3)c1O)C=N2. The summed E-state index contributed by atoms with van der Waals surface area (Å²) in [6.07, 6.45) is 3.62. The van der Waals surface area contributed by atoms with Crippen LogP contribution in [0.15, 0.2) is 47.5 Å². The van der Waals surface area contributed by atoms with Crippen molar-refractivity contribution in [3.05, 3.63) is 56.9 Å². The number of aromatic hydroxyl groups is 2. The largest absolute Gasteiger partial charge is 0.508 e. The van der Waals surface area contributed by atoms with Gasteiger partial charge in [0.15, 0.2) is 3.95 Å². The van der Waals surface area contributed by atoms with Crippen LogP contribution in [-0.4, -0.2) is 28.1 Å². The van der Waals surface area contributed by atoms with Crippen LogP contribution in [0.1, 0.15) is 10.4 Å². The Morgan fingerprint density at radius 1 is 1.15 bits per heavy atom. The van der Waals surface area contributed by atoms with E-state index in [1.54, 1.807) is 42.2 Å². The second-order valence-corrected chi connectivity index (χ2v) is 7.32. The highest BCUT2D eigenvalue weighted by atomic mass is 32.1. The molecule has 2 heterocycles. The van der Waals surface area contributed by atoms with Crippen molar-refractivity contribution in [2.24, 2.45) is 4.99 Å². The van der Waals surface area contributed by atoms with Crippen LogP contribution in [0, 0.1) is 3.95 Å². The van der Waals surface area contributed by atoms with Gasteiger partial charge in [0, 0.05) is 17.4 Å². The average molecular weight is 382 g/mol. The summed E-state index contributed by atoms with van der Waals surface area (Å²) in [5.41, 5.74) is 3.37. The van der Waals surface area contributed by atoms with Gasteiger partial charge in [-0.2, -0.15) is 0 Å². The van der Waals surface area contributed by atoms with E-state index in [1.165, 1.54) is 11.3 Å². The monoisotopic (exact) mass is 382 g/mol. The van der Waals surface area contributed by atoms with E-state index in [2.05, 4.69) is 4.99 Å². The van der Waals surface area contributed by atoms with Crippen molar-refractivity contribution in [1.82, 2.24) is 4.57 Å². The number of hydrogen-bond acceptors (Lipinski definition) is 6. The zero-order valence-corrected chi connectivity index (χ0v) is 15.3. The fourth-order valence-corrected chi connectivity index (χ4v) is 4.06. The molecule has 2 aromatic carbocycles. The first kappa shape index (κ1) is 16.6. The van der Waals surface area contributed by atoms with E-state index in [-0.39, 0.29) is 11.6 Å². The Bertz CT molecular complexity index is 1110. The normalized spacial score (nSPS) is 14.0. The van der Waals surface area contributed by atoms with Crippen LogP contribution < -0.4 is 4.74 Å². The summed E-state index contributed by atoms with van der Waals surface area (Å²) in [7, 11) is 1.62. The van der Waals surface area contributed by atoms with Crippen molar-refractivity contribution >= 4 is 47.1 Å². The number of aliphatic imine (C=N–C) groups is 1. The second kappa shape index (κ2) is 6.44. The molecule has 0 amide bonds. The Balaban J connectivity index is 1.79. The maximum Gasteiger partial charge on any atom is 0.215 e. The van der Waals surface area contributed by atoms with Gasteiger partial charge >= 0.3 is 0 Å². The van der Waals surface area contributed by atoms with Crippen LogP contribution in [0.25, 0.3) is 17.3 Å². The number of benzene rings is 2. The standard InChI is InChI=1S/C19H14N2O3S2/c1-24-14-6-7-16-15(9-14)11(10-20-16)8-17-18(23)21(19(25)26-17)12-2-4-13(22)5-3-12/h2-10,22-23H,1H3. The van der Waals surface area contributed by atoms with Crippen LogP contribution in [0.4, 0.5) is 5.69 Å². The van der Waals surface area contributed by atoms with Gasteiger partial charge in [-0.15, -0.1) is 11.3 Å². The van der Waals surface area contributed by atoms with Crippen LogP contribution in [0.3, 0.4) is 0 Å². The van der Waals surface area contributed by atoms with E-state index in [0.29, 0.717) is 14.5 Å². The quantitative estimate of drug-likeness (QED) is 0.630. The van der Waals surface area contributed by atoms with Crippen molar-refractivity contribution in [2.45, 2.75) is 0 Å². The summed E-state index contributed by atoms with van der Waals surface area (Å²) >= 11 is 6.72. The predicted octanol–water partition coefficient (Wildman–Crippen LogP) is 4.94. The number of phenols is 1. The fraction of sp³-hybridized carbons (Fsp3) is 0.0526. The number of rotatable bonds is 3. The van der Waals surface area contributed by atoms with Gasteiger partial charge < -0.3 is 14.9 Å². The van der Waals surface area contributed by atoms with Crippen molar-refractivity contribution in [3.63, 3.8) is 0 Å². The number of phenolic OH excluding ortho intramolecular Hbond substituents is 1. The average Bonchev–Trinajstić information content (AvgIpc) is 3.17. The lowest BCUT2D eigenvalue weighted by molar-refractivity contribution is 0.415. The molecule has 0 atom stereocenters. The first-order valence-corrected chi connectivity index (χ1v) is 8.97. The molecule has 2 N–H and O–H groups in total. The molecular formula is C19H14N2O3S2. The Morgan fingerprint density at radius 3 is 2.65 bits per heavy atom. The van der Waals surface area contributed by atoms with E-state index in [0.717, 1.165) is 22.6 Å². The number of thiazole rings is 1. The van der Waals surface area contributed by atoms with Gasteiger partial charge in [0.05, 0.1) is 23.4 Å². The summed E-state index contributed by atoms with van der Waals surface area (Å²) in [6, 6.07) is 12.2. The van der Waals surface area contributed by atoms with Crippen molar-refractivity contribution in [2.75, 3.05) is 7.11 Å². The molecule has 26 heavy (non-hydrogen) atoms. The lowest BCUT2D eigenvalue weighted by Crippen LogP contribution is -1.92. The minimum atomic E-state index is 0.0583. The van der Waals surface area contributed by atoms with E-state index in [9.17, 15) is 10.2 Å². The van der Waals surface area contributed by atoms with Crippen molar-refractivity contribution < 1.29 is 14.9 Å². The molecule has 7 heteroatoms. The molecule has 130 valence electrons. The maximum absolute atomic E-state index is 10.7. The molecule has 0 unspecified atom stereocenters. The highest BCUT2D eigenvalue weighted by Crippen LogP contribution is 2.38. The lowest BCUT2D eigenvalue weighted by atomic mass is 10.1. The Labute approximate surface area is 158 Å². The van der Waals surface area contributed by atoms with E-state index in [1.807, 2.05) is 24.3 Å². The lowest BCUT2D eigenvalue weighted by Gasteiger charge is -2.05. The minimum Gasteiger partial charge on any atom is -0.508 e. The summed E-state index contributed by atoms with van der Waals surface area (Å²) in [6.45, 7) is 0. The third kappa shape index (κ3) is 2.81. The Kier molecular flexibility index (Phi) is 4.10. The molecule has 3 aromatic rings. The highest BCUT2D eigenvalue weighted by Gasteiger charge is 2.17. The first-order chi connectivity index (χ1) is 12.6. The fourth-order valence-electron chi connectivity index (χ4n) is 2.76. The number of allylic oxidation sites excluding steroid dienone is 1. The van der Waals surface area contributed by atoms with Gasteiger partial charge in [-0.05, 0) is 60.8 Å². The van der Waals surface area contributed by atoms with Crippen LogP contribution in [0.2, 0.25) is 0 Å². The third-order valence-corrected chi connectivity index (χ3v) is 5.37. The molecule has 0 saturated heterocycles. The summed E-state index contributed by atoms with van der Waals surface area (Å²) in [5.74, 6) is 0.964. The molecule has 0 bridgehead atoms. The highest BCUT2D eigenvalue weighted by molar-refractivity contribution is 7.73. The molecular weight excluding hydrogens is 368 g/mol. The molecule has 1 aliphatic rings. The van der Waals surface area contributed by atoms with E-state index < -0.39 is 0 Å². The maximum atomic E-state index is 10.7. The predicted molar refractivity (Wildman–Crippen MR) is 107 cm³/mol. The van der Waals surface area contributed by atoms with Gasteiger partial charge in [-0.3, -0.25) is 9.56 Å². The first-order valence-electron chi connectivity index (χ1n) is 7.75. The molecule has 1 aromatic heterocycles. The number of hydrogen-bond donors (Lipinski definition) is 2. The van der Waals surface area contributed by atoms with Crippen LogP contribution in [0.5, 0.6) is 17.4 Å². The number of methoxy groups -OCH3 is 1. The molecule has 4 rings (SSSR count). The molecule has 0 saturated carbocycles. The topological polar surface area (TPSA) is 67.0 Å². The van der Waals surface area contributed by atoms with E-state index >= 15 is 0 Å². The summed E-state index contributed by atoms with van der Waals surface area (Å²) in [5, 5.41) is 20.1. The molecule has 0 fully saturated rings. The number of ether oxygens (including phenoxy) is 1. The van der Waals surface area contributed by atoms with Crippen LogP contribution in [-0.2, 0) is 0 Å². The van der Waals surface area contributed by atoms with Gasteiger partial charge in [0.25, 0.3) is 0 Å². The van der Waals surface area contributed by atoms with Crippen LogP contribution >= 0.6 is 23.6 Å². The van der Waals surface area contributed by atoms with Gasteiger partial charge in [0.2, 0.25) is 5.88 Å². The Morgan fingerprint density at radius 2 is 1.92 bits per heavy atom. The number of nitrogens with zero attached hydrogens (tertiary/aromatic N) is 2. The zero-order valence-electron chi connectivity index (χ0n) is 13.7. The second-order valence-electron chi connectivity index (χ2n) is 5.65. The molecule has 0 radical (unpaired) electrons. The van der Waals surface area contributed by atoms with E-state index in [4.69, 9.17) is 17.0 Å².